The molecule has 2 aromatic carbocycles. The van der Waals surface area contributed by atoms with Crippen LogP contribution in [0.15, 0.2) is 55.1 Å². The van der Waals surface area contributed by atoms with Gasteiger partial charge in [0.25, 0.3) is 5.91 Å². The van der Waals surface area contributed by atoms with Crippen LogP contribution < -0.4 is 5.32 Å². The summed E-state index contributed by atoms with van der Waals surface area (Å²) in [6.45, 7) is 4.01. The number of anilines is 1. The summed E-state index contributed by atoms with van der Waals surface area (Å²) in [5.74, 6) is -0.137. The molecule has 0 saturated carbocycles. The van der Waals surface area contributed by atoms with E-state index in [2.05, 4.69) is 15.5 Å². The number of nitrogens with zero attached hydrogens (tertiary/aromatic N) is 3. The molecular weight excluding hydrogens is 276 g/mol. The Morgan fingerprint density at radius 1 is 1.05 bits per heavy atom. The van der Waals surface area contributed by atoms with Crippen LogP contribution in [0.2, 0.25) is 0 Å². The predicted molar refractivity (Wildman–Crippen MR) is 85.2 cm³/mol. The standard InChI is InChI=1S/C17H16N4O/c1-12-6-7-16(13(2)8-12)20-17(22)14-4-3-5-15(9-14)21-10-18-19-11-21/h3-11H,1-2H3,(H,20,22). The van der Waals surface area contributed by atoms with Crippen molar-refractivity contribution in [1.29, 1.82) is 0 Å². The molecule has 22 heavy (non-hydrogen) atoms. The van der Waals surface area contributed by atoms with E-state index in [9.17, 15) is 4.79 Å². The zero-order valence-electron chi connectivity index (χ0n) is 12.4. The van der Waals surface area contributed by atoms with Crippen molar-refractivity contribution in [2.45, 2.75) is 13.8 Å². The van der Waals surface area contributed by atoms with E-state index in [0.29, 0.717) is 5.56 Å². The Balaban J connectivity index is 1.85. The van der Waals surface area contributed by atoms with E-state index < -0.39 is 0 Å². The van der Waals surface area contributed by atoms with Crippen molar-refractivity contribution < 1.29 is 4.79 Å². The number of benzene rings is 2. The van der Waals surface area contributed by atoms with Gasteiger partial charge in [-0.2, -0.15) is 0 Å². The number of carbonyl (C=O) groups is 1. The van der Waals surface area contributed by atoms with Crippen molar-refractivity contribution in [2.75, 3.05) is 5.32 Å². The number of rotatable bonds is 3. The molecule has 0 aliphatic heterocycles. The molecule has 5 heteroatoms. The Bertz CT molecular complexity index is 809. The maximum Gasteiger partial charge on any atom is 0.255 e. The SMILES string of the molecule is Cc1ccc(NC(=O)c2cccc(-n3cnnc3)c2)c(C)c1. The van der Waals surface area contributed by atoms with Crippen molar-refractivity contribution >= 4 is 11.6 Å². The zero-order chi connectivity index (χ0) is 15.5. The third-order valence-corrected chi connectivity index (χ3v) is 3.46. The average molecular weight is 292 g/mol. The highest BCUT2D eigenvalue weighted by Crippen LogP contribution is 2.18. The lowest BCUT2D eigenvalue weighted by Crippen LogP contribution is -2.13. The van der Waals surface area contributed by atoms with Crippen molar-refractivity contribution in [3.63, 3.8) is 0 Å². The van der Waals surface area contributed by atoms with E-state index in [0.717, 1.165) is 16.9 Å². The van der Waals surface area contributed by atoms with Gasteiger partial charge in [0.15, 0.2) is 0 Å². The van der Waals surface area contributed by atoms with Gasteiger partial charge in [-0.05, 0) is 43.7 Å². The summed E-state index contributed by atoms with van der Waals surface area (Å²) < 4.78 is 1.76. The summed E-state index contributed by atoms with van der Waals surface area (Å²) in [6.07, 6.45) is 3.20. The van der Waals surface area contributed by atoms with Crippen LogP contribution in [0.4, 0.5) is 5.69 Å². The molecule has 3 rings (SSSR count). The van der Waals surface area contributed by atoms with Crippen LogP contribution in [0.25, 0.3) is 5.69 Å². The van der Waals surface area contributed by atoms with E-state index in [4.69, 9.17) is 0 Å². The van der Waals surface area contributed by atoms with E-state index in [1.807, 2.05) is 50.2 Å². The van der Waals surface area contributed by atoms with Gasteiger partial charge >= 0.3 is 0 Å². The van der Waals surface area contributed by atoms with Crippen LogP contribution in [0, 0.1) is 13.8 Å². The van der Waals surface area contributed by atoms with Gasteiger partial charge in [-0.3, -0.25) is 9.36 Å². The van der Waals surface area contributed by atoms with Crippen LogP contribution in [-0.2, 0) is 0 Å². The topological polar surface area (TPSA) is 59.8 Å². The van der Waals surface area contributed by atoms with Gasteiger partial charge in [-0.25, -0.2) is 0 Å². The minimum Gasteiger partial charge on any atom is -0.322 e. The van der Waals surface area contributed by atoms with Crippen LogP contribution in [0.5, 0.6) is 0 Å². The molecule has 0 unspecified atom stereocenters. The molecule has 1 heterocycles. The molecule has 1 amide bonds. The molecule has 0 spiro atoms. The minimum absolute atomic E-state index is 0.137. The molecule has 0 atom stereocenters. The monoisotopic (exact) mass is 292 g/mol. The third kappa shape index (κ3) is 2.88. The lowest BCUT2D eigenvalue weighted by molar-refractivity contribution is 0.102. The summed E-state index contributed by atoms with van der Waals surface area (Å²) in [6, 6.07) is 13.3. The predicted octanol–water partition coefficient (Wildman–Crippen LogP) is 3.14. The van der Waals surface area contributed by atoms with Crippen LogP contribution >= 0.6 is 0 Å². The molecule has 0 fully saturated rings. The van der Waals surface area contributed by atoms with Gasteiger partial charge in [-0.15, -0.1) is 10.2 Å². The summed E-state index contributed by atoms with van der Waals surface area (Å²) in [4.78, 5) is 12.4. The second-order valence-electron chi connectivity index (χ2n) is 5.19. The summed E-state index contributed by atoms with van der Waals surface area (Å²) >= 11 is 0. The average Bonchev–Trinajstić information content (AvgIpc) is 3.04. The number of hydrogen-bond donors (Lipinski definition) is 1. The summed E-state index contributed by atoms with van der Waals surface area (Å²) in [5.41, 5.74) is 4.48. The summed E-state index contributed by atoms with van der Waals surface area (Å²) in [5, 5.41) is 10.5. The van der Waals surface area contributed by atoms with Crippen molar-refractivity contribution in [3.8, 4) is 5.69 Å². The number of aromatic nitrogens is 3. The number of nitrogens with one attached hydrogen (secondary N) is 1. The number of aryl methyl sites for hydroxylation is 2. The Morgan fingerprint density at radius 3 is 2.55 bits per heavy atom. The second-order valence-corrected chi connectivity index (χ2v) is 5.19. The molecule has 0 bridgehead atoms. The first-order valence-corrected chi connectivity index (χ1v) is 6.97. The van der Waals surface area contributed by atoms with Crippen LogP contribution in [0.1, 0.15) is 21.5 Å². The maximum absolute atomic E-state index is 12.4. The Hall–Kier alpha value is -2.95. The lowest BCUT2D eigenvalue weighted by Gasteiger charge is -2.10. The fourth-order valence-electron chi connectivity index (χ4n) is 2.29. The number of hydrogen-bond acceptors (Lipinski definition) is 3. The highest BCUT2D eigenvalue weighted by atomic mass is 16.1. The first kappa shape index (κ1) is 14.0. The molecule has 1 N–H and O–H groups in total. The van der Waals surface area contributed by atoms with Gasteiger partial charge in [0, 0.05) is 16.9 Å². The molecule has 0 aliphatic carbocycles. The third-order valence-electron chi connectivity index (χ3n) is 3.46. The van der Waals surface area contributed by atoms with Gasteiger partial charge in [0.05, 0.1) is 0 Å². The Labute approximate surface area is 128 Å². The van der Waals surface area contributed by atoms with E-state index >= 15 is 0 Å². The van der Waals surface area contributed by atoms with Crippen molar-refractivity contribution in [1.82, 2.24) is 14.8 Å². The van der Waals surface area contributed by atoms with Gasteiger partial charge < -0.3 is 5.32 Å². The van der Waals surface area contributed by atoms with Crippen LogP contribution in [0.3, 0.4) is 0 Å². The van der Waals surface area contributed by atoms with Crippen molar-refractivity contribution in [2.24, 2.45) is 0 Å². The van der Waals surface area contributed by atoms with Crippen molar-refractivity contribution in [3.05, 3.63) is 71.8 Å². The molecule has 110 valence electrons. The lowest BCUT2D eigenvalue weighted by atomic mass is 10.1. The Morgan fingerprint density at radius 2 is 1.82 bits per heavy atom. The van der Waals surface area contributed by atoms with E-state index in [1.165, 1.54) is 5.56 Å². The second kappa shape index (κ2) is 5.81. The van der Waals surface area contributed by atoms with Gasteiger partial charge in [0.2, 0.25) is 0 Å². The first-order chi connectivity index (χ1) is 10.6. The minimum atomic E-state index is -0.137. The molecule has 3 aromatic rings. The van der Waals surface area contributed by atoms with Crippen LogP contribution in [-0.4, -0.2) is 20.7 Å². The largest absolute Gasteiger partial charge is 0.322 e. The fourth-order valence-corrected chi connectivity index (χ4v) is 2.29. The normalized spacial score (nSPS) is 10.5. The molecule has 1 aromatic heterocycles. The number of carbonyl (C=O) groups excluding carboxylic acids is 1. The smallest absolute Gasteiger partial charge is 0.255 e. The molecular formula is C17H16N4O. The van der Waals surface area contributed by atoms with Gasteiger partial charge in [-0.1, -0.05) is 23.8 Å². The zero-order valence-corrected chi connectivity index (χ0v) is 12.4. The van der Waals surface area contributed by atoms with E-state index in [-0.39, 0.29) is 5.91 Å². The quantitative estimate of drug-likeness (QED) is 0.806. The first-order valence-electron chi connectivity index (χ1n) is 6.97. The highest BCUT2D eigenvalue weighted by molar-refractivity contribution is 6.05. The summed E-state index contributed by atoms with van der Waals surface area (Å²) in [7, 11) is 0. The Kier molecular flexibility index (Phi) is 3.70. The number of amides is 1. The van der Waals surface area contributed by atoms with Gasteiger partial charge in [0.1, 0.15) is 12.7 Å². The molecule has 0 aliphatic rings. The van der Waals surface area contributed by atoms with E-state index in [1.54, 1.807) is 23.3 Å². The molecule has 0 saturated heterocycles. The molecule has 5 nitrogen and oxygen atoms in total. The fraction of sp³-hybridized carbons (Fsp3) is 0.118. The maximum atomic E-state index is 12.4. The highest BCUT2D eigenvalue weighted by Gasteiger charge is 2.09. The molecule has 0 radical (unpaired) electrons.